The Hall–Kier alpha value is -2.75. The number of hydrogen-bond acceptors (Lipinski definition) is 6. The summed E-state index contributed by atoms with van der Waals surface area (Å²) >= 11 is 3.66. The number of anilines is 1. The topological polar surface area (TPSA) is 96.4 Å². The van der Waals surface area contributed by atoms with Crippen molar-refractivity contribution in [3.05, 3.63) is 55.1 Å². The molecule has 0 aromatic heterocycles. The zero-order valence-electron chi connectivity index (χ0n) is 21.6. The van der Waals surface area contributed by atoms with Gasteiger partial charge in [0.1, 0.15) is 11.6 Å². The Morgan fingerprint density at radius 1 is 1.29 bits per heavy atom. The van der Waals surface area contributed by atoms with Crippen molar-refractivity contribution in [1.82, 2.24) is 4.90 Å². The second-order valence-electron chi connectivity index (χ2n) is 10.2. The minimum absolute atomic E-state index is 0.179. The van der Waals surface area contributed by atoms with Crippen LogP contribution in [-0.2, 0) is 23.9 Å². The molecule has 3 saturated heterocycles. The van der Waals surface area contributed by atoms with Gasteiger partial charge in [0.15, 0.2) is 0 Å². The van der Waals surface area contributed by atoms with Crippen LogP contribution in [0, 0.1) is 11.8 Å². The summed E-state index contributed by atoms with van der Waals surface area (Å²) in [6.45, 7) is 7.53. The molecule has 0 aliphatic carbocycles. The molecule has 3 aliphatic rings. The van der Waals surface area contributed by atoms with Gasteiger partial charge in [0.2, 0.25) is 5.91 Å². The summed E-state index contributed by atoms with van der Waals surface area (Å²) in [6.07, 6.45) is 1.90. The van der Waals surface area contributed by atoms with E-state index >= 15 is 0 Å². The number of carbonyl (C=O) groups excluding carboxylic acids is 3. The molecule has 3 unspecified atom stereocenters. The van der Waals surface area contributed by atoms with Crippen LogP contribution in [0.1, 0.15) is 26.7 Å². The van der Waals surface area contributed by atoms with Gasteiger partial charge in [-0.2, -0.15) is 0 Å². The number of likely N-dealkylation sites (tertiary alicyclic amines) is 1. The molecule has 2 aromatic carbocycles. The first-order chi connectivity index (χ1) is 18.3. The van der Waals surface area contributed by atoms with Crippen molar-refractivity contribution in [3.63, 3.8) is 0 Å². The number of halogens is 1. The lowest BCUT2D eigenvalue weighted by Crippen LogP contribution is -2.59. The zero-order chi connectivity index (χ0) is 27.2. The van der Waals surface area contributed by atoms with E-state index in [0.717, 1.165) is 10.8 Å². The van der Waals surface area contributed by atoms with Gasteiger partial charge in [-0.05, 0) is 42.7 Å². The Morgan fingerprint density at radius 2 is 2.03 bits per heavy atom. The first-order valence-electron chi connectivity index (χ1n) is 13.2. The summed E-state index contributed by atoms with van der Waals surface area (Å²) in [5, 5.41) is 12.3. The van der Waals surface area contributed by atoms with E-state index in [1.807, 2.05) is 49.4 Å². The Kier molecular flexibility index (Phi) is 7.37. The van der Waals surface area contributed by atoms with Crippen molar-refractivity contribution in [2.24, 2.45) is 11.8 Å². The quantitative estimate of drug-likeness (QED) is 0.275. The van der Waals surface area contributed by atoms with E-state index in [2.05, 4.69) is 22.5 Å². The number of nitrogens with zero attached hydrogens (tertiary/aromatic N) is 2. The molecule has 3 fully saturated rings. The van der Waals surface area contributed by atoms with Gasteiger partial charge >= 0.3 is 5.97 Å². The van der Waals surface area contributed by atoms with Crippen LogP contribution in [0.25, 0.3) is 10.8 Å². The highest BCUT2D eigenvalue weighted by Crippen LogP contribution is 2.60. The molecule has 8 nitrogen and oxygen atoms in total. The van der Waals surface area contributed by atoms with Crippen LogP contribution < -0.4 is 4.90 Å². The van der Waals surface area contributed by atoms with Crippen LogP contribution in [0.5, 0.6) is 0 Å². The van der Waals surface area contributed by atoms with E-state index in [0.29, 0.717) is 18.5 Å². The third-order valence-electron chi connectivity index (χ3n) is 8.22. The average molecular weight is 585 g/mol. The van der Waals surface area contributed by atoms with Crippen molar-refractivity contribution >= 4 is 50.2 Å². The summed E-state index contributed by atoms with van der Waals surface area (Å²) in [5.41, 5.74) is -0.550. The number of carbonyl (C=O) groups is 3. The van der Waals surface area contributed by atoms with Crippen LogP contribution in [0.3, 0.4) is 0 Å². The number of aliphatic hydroxyl groups excluding tert-OH is 1. The molecule has 1 spiro atoms. The van der Waals surface area contributed by atoms with E-state index in [1.165, 1.54) is 4.90 Å². The second-order valence-corrected chi connectivity index (χ2v) is 11.4. The fraction of sp³-hybridized carbons (Fsp3) is 0.483. The number of amides is 2. The van der Waals surface area contributed by atoms with Gasteiger partial charge in [-0.15, -0.1) is 6.58 Å². The van der Waals surface area contributed by atoms with Crippen molar-refractivity contribution < 1.29 is 29.0 Å². The molecule has 202 valence electrons. The summed E-state index contributed by atoms with van der Waals surface area (Å²) in [4.78, 5) is 44.6. The molecule has 2 amide bonds. The molecular formula is C29H33BrN2O6. The van der Waals surface area contributed by atoms with E-state index < -0.39 is 41.6 Å². The second kappa shape index (κ2) is 10.4. The van der Waals surface area contributed by atoms with Gasteiger partial charge in [0.05, 0.1) is 37.2 Å². The molecule has 3 aliphatic heterocycles. The Bertz CT molecular complexity index is 1260. The van der Waals surface area contributed by atoms with E-state index in [4.69, 9.17) is 9.47 Å². The predicted molar refractivity (Wildman–Crippen MR) is 147 cm³/mol. The summed E-state index contributed by atoms with van der Waals surface area (Å²) in [7, 11) is 0. The minimum atomic E-state index is -1.22. The highest BCUT2D eigenvalue weighted by molar-refractivity contribution is 9.09. The van der Waals surface area contributed by atoms with Crippen molar-refractivity contribution in [3.8, 4) is 0 Å². The monoisotopic (exact) mass is 584 g/mol. The fourth-order valence-electron chi connectivity index (χ4n) is 6.61. The molecule has 0 saturated carbocycles. The van der Waals surface area contributed by atoms with E-state index in [1.54, 1.807) is 17.9 Å². The van der Waals surface area contributed by atoms with Crippen LogP contribution in [0.2, 0.25) is 0 Å². The smallest absolute Gasteiger partial charge is 0.312 e. The van der Waals surface area contributed by atoms with Gasteiger partial charge in [0, 0.05) is 17.1 Å². The van der Waals surface area contributed by atoms with Crippen molar-refractivity contribution in [2.45, 2.75) is 55.3 Å². The molecule has 2 bridgehead atoms. The van der Waals surface area contributed by atoms with Gasteiger partial charge < -0.3 is 24.4 Å². The first-order valence-corrected chi connectivity index (χ1v) is 14.1. The number of hydrogen-bond donors (Lipinski definition) is 1. The number of benzene rings is 2. The van der Waals surface area contributed by atoms with Gasteiger partial charge in [-0.3, -0.25) is 14.4 Å². The maximum absolute atomic E-state index is 14.6. The number of fused-ring (bicyclic) bond motifs is 2. The van der Waals surface area contributed by atoms with Crippen LogP contribution in [-0.4, -0.2) is 76.2 Å². The summed E-state index contributed by atoms with van der Waals surface area (Å²) < 4.78 is 11.9. The molecule has 3 heterocycles. The lowest BCUT2D eigenvalue weighted by molar-refractivity contribution is -0.155. The number of alkyl halides is 1. The highest BCUT2D eigenvalue weighted by atomic mass is 79.9. The Balaban J connectivity index is 1.62. The SMILES string of the molecule is C=CCN(C(=O)C1N([C@@H](CC)CO)C(=O)[C@@H]2[C@H](C(=O)OCC)[C@H]3OC12CC3Br)c1ccc2ccccc2c1. The number of esters is 1. The van der Waals surface area contributed by atoms with E-state index in [-0.39, 0.29) is 36.4 Å². The van der Waals surface area contributed by atoms with E-state index in [9.17, 15) is 19.5 Å². The number of aliphatic hydroxyl groups is 1. The summed E-state index contributed by atoms with van der Waals surface area (Å²) in [6, 6.07) is 12.0. The Morgan fingerprint density at radius 3 is 2.68 bits per heavy atom. The molecular weight excluding hydrogens is 552 g/mol. The lowest BCUT2D eigenvalue weighted by Gasteiger charge is -2.39. The largest absolute Gasteiger partial charge is 0.466 e. The zero-order valence-corrected chi connectivity index (χ0v) is 23.2. The first kappa shape index (κ1) is 26.8. The maximum Gasteiger partial charge on any atom is 0.312 e. The van der Waals surface area contributed by atoms with Crippen LogP contribution in [0.4, 0.5) is 5.69 Å². The summed E-state index contributed by atoms with van der Waals surface area (Å²) in [5.74, 6) is -2.86. The molecule has 5 rings (SSSR count). The molecule has 7 atom stereocenters. The third kappa shape index (κ3) is 3.98. The van der Waals surface area contributed by atoms with Crippen LogP contribution >= 0.6 is 15.9 Å². The lowest BCUT2D eigenvalue weighted by atomic mass is 9.70. The van der Waals surface area contributed by atoms with Crippen molar-refractivity contribution in [2.75, 3.05) is 24.7 Å². The molecule has 2 aromatic rings. The van der Waals surface area contributed by atoms with Gasteiger partial charge in [-0.1, -0.05) is 59.3 Å². The fourth-order valence-corrected chi connectivity index (χ4v) is 7.55. The Labute approximate surface area is 230 Å². The normalized spacial score (nSPS) is 30.4. The predicted octanol–water partition coefficient (Wildman–Crippen LogP) is 3.44. The van der Waals surface area contributed by atoms with Crippen molar-refractivity contribution in [1.29, 1.82) is 0 Å². The number of rotatable bonds is 9. The molecule has 38 heavy (non-hydrogen) atoms. The standard InChI is InChI=1S/C29H33BrN2O6/c1-4-13-31(20-12-11-17-9-7-8-10-18(17)14-20)27(35)25-29-15-21(30)24(38-29)22(28(36)37-6-3)23(29)26(34)32(25)19(5-2)16-33/h4,7-12,14,19,21-25,33H,1,5-6,13,15-16H2,2-3H3/t19-,21?,22-,23-,24-,25?,29?/m0/s1. The molecule has 1 N–H and O–H groups in total. The molecule has 0 radical (unpaired) electrons. The average Bonchev–Trinajstić information content (AvgIpc) is 3.51. The van der Waals surface area contributed by atoms with Gasteiger partial charge in [0.25, 0.3) is 5.91 Å². The molecule has 9 heteroatoms. The van der Waals surface area contributed by atoms with Crippen LogP contribution in [0.15, 0.2) is 55.1 Å². The minimum Gasteiger partial charge on any atom is -0.466 e. The third-order valence-corrected chi connectivity index (χ3v) is 9.06. The highest BCUT2D eigenvalue weighted by Gasteiger charge is 2.77. The maximum atomic E-state index is 14.6. The number of ether oxygens (including phenoxy) is 2. The van der Waals surface area contributed by atoms with Gasteiger partial charge in [-0.25, -0.2) is 0 Å².